The molecule has 0 aliphatic heterocycles. The van der Waals surface area contributed by atoms with E-state index >= 15 is 0 Å². The fraction of sp³-hybridized carbons (Fsp3) is 0.125. The molecule has 3 N–H and O–H groups in total. The SMILES string of the molecule is CC(COc1ccccc1)NS(=O)(=O)c1cc(Oc2c(Cl)cc(-n3ncc(=O)[nH]c3=O)cc2Cl)ccc1O. The van der Waals surface area contributed by atoms with Crippen LogP contribution in [0.3, 0.4) is 0 Å². The van der Waals surface area contributed by atoms with Crippen LogP contribution in [-0.4, -0.2) is 40.9 Å². The molecule has 0 radical (unpaired) electrons. The predicted molar refractivity (Wildman–Crippen MR) is 140 cm³/mol. The van der Waals surface area contributed by atoms with Crippen LogP contribution in [-0.2, 0) is 10.0 Å². The van der Waals surface area contributed by atoms with Gasteiger partial charge in [-0.1, -0.05) is 41.4 Å². The summed E-state index contributed by atoms with van der Waals surface area (Å²) in [6.45, 7) is 1.66. The largest absolute Gasteiger partial charge is 0.507 e. The lowest BCUT2D eigenvalue weighted by molar-refractivity contribution is 0.287. The van der Waals surface area contributed by atoms with Crippen molar-refractivity contribution < 1.29 is 23.0 Å². The van der Waals surface area contributed by atoms with Crippen molar-refractivity contribution in [1.82, 2.24) is 19.5 Å². The highest BCUT2D eigenvalue weighted by molar-refractivity contribution is 7.89. The molecule has 3 aromatic carbocycles. The van der Waals surface area contributed by atoms with Crippen LogP contribution < -0.4 is 25.4 Å². The number of aromatic hydroxyl groups is 1. The van der Waals surface area contributed by atoms with E-state index in [1.807, 2.05) is 6.07 Å². The first-order valence-corrected chi connectivity index (χ1v) is 13.2. The molecule has 0 aliphatic rings. The fourth-order valence-corrected chi connectivity index (χ4v) is 5.19. The van der Waals surface area contributed by atoms with Crippen molar-refractivity contribution in [1.29, 1.82) is 0 Å². The van der Waals surface area contributed by atoms with Crippen molar-refractivity contribution in [3.05, 3.63) is 97.7 Å². The molecule has 11 nitrogen and oxygen atoms in total. The number of benzene rings is 3. The number of aromatic amines is 1. The van der Waals surface area contributed by atoms with Crippen LogP contribution in [0.5, 0.6) is 23.0 Å². The standard InChI is InChI=1S/C24H20Cl2N4O7S/c1-14(13-36-16-5-3-2-4-6-16)29-38(34,35)21-11-17(7-8-20(21)31)37-23-18(25)9-15(10-19(23)26)30-24(33)28-22(32)12-27-30/h2-12,14,29,31H,13H2,1H3,(H,28,32,33). The first kappa shape index (κ1) is 27.2. The Morgan fingerprint density at radius 1 is 1.05 bits per heavy atom. The van der Waals surface area contributed by atoms with Gasteiger partial charge >= 0.3 is 5.69 Å². The third-order valence-electron chi connectivity index (χ3n) is 4.98. The predicted octanol–water partition coefficient (Wildman–Crippen LogP) is 3.47. The Bertz CT molecular complexity index is 1670. The van der Waals surface area contributed by atoms with Crippen LogP contribution in [0, 0.1) is 0 Å². The van der Waals surface area contributed by atoms with E-state index in [4.69, 9.17) is 32.7 Å². The number of para-hydroxylation sites is 1. The molecule has 38 heavy (non-hydrogen) atoms. The van der Waals surface area contributed by atoms with Gasteiger partial charge in [0.2, 0.25) is 10.0 Å². The van der Waals surface area contributed by atoms with Gasteiger partial charge in [-0.15, -0.1) is 0 Å². The number of ether oxygens (including phenoxy) is 2. The van der Waals surface area contributed by atoms with Crippen molar-refractivity contribution >= 4 is 33.2 Å². The van der Waals surface area contributed by atoms with E-state index in [-0.39, 0.29) is 33.8 Å². The van der Waals surface area contributed by atoms with E-state index in [0.29, 0.717) is 5.75 Å². The fourth-order valence-electron chi connectivity index (χ4n) is 3.29. The molecule has 0 amide bonds. The number of hydrogen-bond acceptors (Lipinski definition) is 8. The molecule has 0 fully saturated rings. The zero-order chi connectivity index (χ0) is 27.4. The number of phenolic OH excluding ortho intramolecular Hbond substituents is 1. The average Bonchev–Trinajstić information content (AvgIpc) is 2.86. The first-order chi connectivity index (χ1) is 18.0. The molecule has 1 atom stereocenters. The van der Waals surface area contributed by atoms with Gasteiger partial charge in [0.25, 0.3) is 5.56 Å². The highest BCUT2D eigenvalue weighted by atomic mass is 35.5. The van der Waals surface area contributed by atoms with Crippen LogP contribution in [0.4, 0.5) is 0 Å². The molecule has 0 spiro atoms. The minimum absolute atomic E-state index is 0.00671. The first-order valence-electron chi connectivity index (χ1n) is 10.9. The van der Waals surface area contributed by atoms with E-state index < -0.39 is 38.0 Å². The topological polar surface area (TPSA) is 153 Å². The van der Waals surface area contributed by atoms with Crippen LogP contribution >= 0.6 is 23.2 Å². The summed E-state index contributed by atoms with van der Waals surface area (Å²) in [7, 11) is -4.18. The van der Waals surface area contributed by atoms with Gasteiger partial charge in [-0.25, -0.2) is 17.9 Å². The number of aromatic nitrogens is 3. The van der Waals surface area contributed by atoms with Crippen molar-refractivity contribution in [2.45, 2.75) is 17.9 Å². The van der Waals surface area contributed by atoms with E-state index in [2.05, 4.69) is 14.8 Å². The summed E-state index contributed by atoms with van der Waals surface area (Å²) < 4.78 is 40.6. The lowest BCUT2D eigenvalue weighted by Crippen LogP contribution is -2.36. The molecule has 0 bridgehead atoms. The second-order valence-corrected chi connectivity index (χ2v) is 10.5. The number of H-pyrrole nitrogens is 1. The quantitative estimate of drug-likeness (QED) is 0.273. The van der Waals surface area contributed by atoms with E-state index in [1.54, 1.807) is 31.2 Å². The van der Waals surface area contributed by atoms with Gasteiger partial charge in [0.1, 0.15) is 34.9 Å². The van der Waals surface area contributed by atoms with Gasteiger partial charge in [-0.2, -0.15) is 9.78 Å². The van der Waals surface area contributed by atoms with Crippen molar-refractivity contribution in [2.24, 2.45) is 0 Å². The normalized spacial score (nSPS) is 12.2. The molecule has 4 aromatic rings. The van der Waals surface area contributed by atoms with Gasteiger partial charge in [0, 0.05) is 6.07 Å². The number of halogens is 2. The molecule has 1 aromatic heterocycles. The zero-order valence-electron chi connectivity index (χ0n) is 19.6. The Balaban J connectivity index is 1.54. The van der Waals surface area contributed by atoms with E-state index in [9.17, 15) is 23.1 Å². The molecule has 1 unspecified atom stereocenters. The van der Waals surface area contributed by atoms with Gasteiger partial charge in [0.15, 0.2) is 5.75 Å². The summed E-state index contributed by atoms with van der Waals surface area (Å²) in [6.07, 6.45) is 0.911. The van der Waals surface area contributed by atoms with Crippen LogP contribution in [0.1, 0.15) is 6.92 Å². The van der Waals surface area contributed by atoms with Crippen molar-refractivity contribution in [2.75, 3.05) is 6.61 Å². The van der Waals surface area contributed by atoms with Crippen LogP contribution in [0.25, 0.3) is 5.69 Å². The Labute approximate surface area is 226 Å². The van der Waals surface area contributed by atoms with Crippen LogP contribution in [0.15, 0.2) is 81.3 Å². The minimum Gasteiger partial charge on any atom is -0.507 e. The monoisotopic (exact) mass is 578 g/mol. The highest BCUT2D eigenvalue weighted by Crippen LogP contribution is 2.39. The van der Waals surface area contributed by atoms with E-state index in [1.165, 1.54) is 18.2 Å². The number of nitrogens with one attached hydrogen (secondary N) is 2. The molecule has 1 heterocycles. The zero-order valence-corrected chi connectivity index (χ0v) is 21.9. The van der Waals surface area contributed by atoms with Gasteiger partial charge in [-0.3, -0.25) is 9.78 Å². The van der Waals surface area contributed by atoms with Gasteiger partial charge in [-0.05, 0) is 43.3 Å². The summed E-state index contributed by atoms with van der Waals surface area (Å²) >= 11 is 12.6. The maximum atomic E-state index is 13.0. The molecular formula is C24H20Cl2N4O7S. The van der Waals surface area contributed by atoms with E-state index in [0.717, 1.165) is 23.0 Å². The maximum Gasteiger partial charge on any atom is 0.349 e. The molecule has 0 saturated heterocycles. The molecule has 4 rings (SSSR count). The second kappa shape index (κ2) is 11.3. The number of hydrogen-bond donors (Lipinski definition) is 3. The smallest absolute Gasteiger partial charge is 0.349 e. The average molecular weight is 579 g/mol. The summed E-state index contributed by atoms with van der Waals surface area (Å²) in [5.74, 6) is 0.0447. The lowest BCUT2D eigenvalue weighted by atomic mass is 10.3. The Morgan fingerprint density at radius 2 is 1.74 bits per heavy atom. The van der Waals surface area contributed by atoms with Gasteiger partial charge in [0.05, 0.1) is 21.8 Å². The molecule has 14 heteroatoms. The minimum atomic E-state index is -4.18. The number of rotatable bonds is 9. The van der Waals surface area contributed by atoms with Crippen molar-refractivity contribution in [3.63, 3.8) is 0 Å². The van der Waals surface area contributed by atoms with Gasteiger partial charge < -0.3 is 14.6 Å². The summed E-state index contributed by atoms with van der Waals surface area (Å²) in [5, 5.41) is 13.9. The number of sulfonamides is 1. The lowest BCUT2D eigenvalue weighted by Gasteiger charge is -2.17. The Hall–Kier alpha value is -3.84. The Morgan fingerprint density at radius 3 is 2.39 bits per heavy atom. The third-order valence-corrected chi connectivity index (χ3v) is 7.16. The molecular weight excluding hydrogens is 559 g/mol. The summed E-state index contributed by atoms with van der Waals surface area (Å²) in [4.78, 5) is 24.9. The summed E-state index contributed by atoms with van der Waals surface area (Å²) in [5.41, 5.74) is -1.32. The Kier molecular flexibility index (Phi) is 8.07. The third kappa shape index (κ3) is 6.34. The number of nitrogens with zero attached hydrogens (tertiary/aromatic N) is 2. The summed E-state index contributed by atoms with van der Waals surface area (Å²) in [6, 6.07) is 14.5. The highest BCUT2D eigenvalue weighted by Gasteiger charge is 2.23. The maximum absolute atomic E-state index is 13.0. The van der Waals surface area contributed by atoms with Crippen LogP contribution in [0.2, 0.25) is 10.0 Å². The molecule has 0 saturated carbocycles. The van der Waals surface area contributed by atoms with Crippen molar-refractivity contribution in [3.8, 4) is 28.7 Å². The molecule has 198 valence electrons. The molecule has 0 aliphatic carbocycles. The second-order valence-electron chi connectivity index (χ2n) is 7.97. The number of phenols is 1.